The number of amides is 2. The summed E-state index contributed by atoms with van der Waals surface area (Å²) in [4.78, 5) is 40.9. The number of nitrogens with one attached hydrogen (secondary N) is 1. The van der Waals surface area contributed by atoms with Crippen LogP contribution in [0.25, 0.3) is 0 Å². The summed E-state index contributed by atoms with van der Waals surface area (Å²) >= 11 is 6.22. The number of benzene rings is 3. The molecule has 3 aromatic carbocycles. The lowest BCUT2D eigenvalue weighted by atomic mass is 10.0. The number of anilines is 1. The fourth-order valence-corrected chi connectivity index (χ4v) is 5.31. The summed E-state index contributed by atoms with van der Waals surface area (Å²) in [5.41, 5.74) is 2.01. The highest BCUT2D eigenvalue weighted by Crippen LogP contribution is 2.22. The highest BCUT2D eigenvalue weighted by Gasteiger charge is 2.33. The second kappa shape index (κ2) is 13.6. The summed E-state index contributed by atoms with van der Waals surface area (Å²) in [5.74, 6) is -1.19. The molecule has 0 saturated heterocycles. The van der Waals surface area contributed by atoms with Crippen LogP contribution >= 0.6 is 11.6 Å². The lowest BCUT2D eigenvalue weighted by molar-refractivity contribution is -0.140. The number of ketones is 1. The van der Waals surface area contributed by atoms with E-state index in [4.69, 9.17) is 11.6 Å². The number of hydrogen-bond acceptors (Lipinski definition) is 5. The summed E-state index contributed by atoms with van der Waals surface area (Å²) in [7, 11) is -3.94. The van der Waals surface area contributed by atoms with Crippen LogP contribution in [0.15, 0.2) is 78.9 Å². The standard InChI is InChI=1S/C30H34ClN3O5S/c1-21(2)32-30(37)28(17-23-10-6-5-7-11-23)33(19-24-12-8-14-26(31)16-24)29(36)20-34(40(4,38)39)27-15-9-13-25(18-27)22(3)35/h5-16,18,21,28H,17,19-20H2,1-4H3,(H,32,37). The quantitative estimate of drug-likeness (QED) is 0.317. The number of rotatable bonds is 12. The Morgan fingerprint density at radius 3 is 2.15 bits per heavy atom. The van der Waals surface area contributed by atoms with Gasteiger partial charge in [-0.05, 0) is 56.2 Å². The first kappa shape index (κ1) is 30.8. The Morgan fingerprint density at radius 2 is 1.55 bits per heavy atom. The fraction of sp³-hybridized carbons (Fsp3) is 0.300. The SMILES string of the molecule is CC(=O)c1cccc(N(CC(=O)N(Cc2cccc(Cl)c2)C(Cc2ccccc2)C(=O)NC(C)C)S(C)(=O)=O)c1. The van der Waals surface area contributed by atoms with Gasteiger partial charge in [0, 0.05) is 29.6 Å². The van der Waals surface area contributed by atoms with Gasteiger partial charge in [0.25, 0.3) is 0 Å². The number of nitrogens with zero attached hydrogens (tertiary/aromatic N) is 2. The zero-order valence-electron chi connectivity index (χ0n) is 23.0. The Bertz CT molecular complexity index is 1460. The third kappa shape index (κ3) is 8.66. The number of Topliss-reactive ketones (excluding diaryl/α,β-unsaturated/α-hetero) is 1. The molecular formula is C30H34ClN3O5S. The molecule has 0 bridgehead atoms. The van der Waals surface area contributed by atoms with Crippen LogP contribution in [-0.2, 0) is 32.6 Å². The lowest BCUT2D eigenvalue weighted by Gasteiger charge is -2.34. The van der Waals surface area contributed by atoms with Crippen molar-refractivity contribution in [3.8, 4) is 0 Å². The summed E-state index contributed by atoms with van der Waals surface area (Å²) in [6.07, 6.45) is 1.21. The van der Waals surface area contributed by atoms with Gasteiger partial charge in [0.15, 0.2) is 5.78 Å². The predicted molar refractivity (Wildman–Crippen MR) is 158 cm³/mol. The van der Waals surface area contributed by atoms with E-state index in [1.54, 1.807) is 36.4 Å². The maximum atomic E-state index is 14.0. The van der Waals surface area contributed by atoms with Crippen molar-refractivity contribution in [3.05, 3.63) is 101 Å². The average molecular weight is 584 g/mol. The van der Waals surface area contributed by atoms with E-state index in [-0.39, 0.29) is 36.4 Å². The molecule has 0 aliphatic rings. The maximum absolute atomic E-state index is 14.0. The van der Waals surface area contributed by atoms with E-state index in [9.17, 15) is 22.8 Å². The van der Waals surface area contributed by atoms with Crippen LogP contribution in [0.2, 0.25) is 5.02 Å². The van der Waals surface area contributed by atoms with E-state index in [2.05, 4.69) is 5.32 Å². The minimum absolute atomic E-state index is 0.0213. The molecule has 2 amide bonds. The van der Waals surface area contributed by atoms with Crippen molar-refractivity contribution in [2.45, 2.75) is 45.8 Å². The first-order valence-electron chi connectivity index (χ1n) is 12.8. The number of carbonyl (C=O) groups is 3. The molecule has 0 heterocycles. The molecule has 1 unspecified atom stereocenters. The highest BCUT2D eigenvalue weighted by molar-refractivity contribution is 7.92. The Balaban J connectivity index is 2.07. The van der Waals surface area contributed by atoms with Gasteiger partial charge >= 0.3 is 0 Å². The van der Waals surface area contributed by atoms with Gasteiger partial charge in [-0.2, -0.15) is 0 Å². The predicted octanol–water partition coefficient (Wildman–Crippen LogP) is 4.47. The van der Waals surface area contributed by atoms with E-state index >= 15 is 0 Å². The minimum atomic E-state index is -3.94. The molecule has 0 aliphatic heterocycles. The molecule has 0 spiro atoms. The number of sulfonamides is 1. The van der Waals surface area contributed by atoms with Gasteiger partial charge in [-0.3, -0.25) is 18.7 Å². The number of carbonyl (C=O) groups excluding carboxylic acids is 3. The van der Waals surface area contributed by atoms with Crippen LogP contribution in [0, 0.1) is 0 Å². The number of halogens is 1. The third-order valence-electron chi connectivity index (χ3n) is 6.16. The monoisotopic (exact) mass is 583 g/mol. The van der Waals surface area contributed by atoms with Gasteiger partial charge < -0.3 is 10.2 Å². The smallest absolute Gasteiger partial charge is 0.244 e. The van der Waals surface area contributed by atoms with Crippen molar-refractivity contribution in [2.75, 3.05) is 17.1 Å². The molecule has 212 valence electrons. The van der Waals surface area contributed by atoms with Crippen molar-refractivity contribution in [1.29, 1.82) is 0 Å². The summed E-state index contributed by atoms with van der Waals surface area (Å²) in [6, 6.07) is 21.2. The fourth-order valence-electron chi connectivity index (χ4n) is 4.26. The van der Waals surface area contributed by atoms with Crippen LogP contribution in [0.4, 0.5) is 5.69 Å². The first-order chi connectivity index (χ1) is 18.8. The van der Waals surface area contributed by atoms with E-state index in [1.165, 1.54) is 24.0 Å². The molecule has 3 rings (SSSR count). The van der Waals surface area contributed by atoms with Crippen molar-refractivity contribution in [1.82, 2.24) is 10.2 Å². The van der Waals surface area contributed by atoms with Gasteiger partial charge in [-0.15, -0.1) is 0 Å². The minimum Gasteiger partial charge on any atom is -0.352 e. The topological polar surface area (TPSA) is 104 Å². The summed E-state index contributed by atoms with van der Waals surface area (Å²) < 4.78 is 26.7. The zero-order valence-corrected chi connectivity index (χ0v) is 24.6. The Morgan fingerprint density at radius 1 is 0.900 bits per heavy atom. The van der Waals surface area contributed by atoms with Crippen molar-refractivity contribution < 1.29 is 22.8 Å². The molecule has 0 aromatic heterocycles. The molecule has 0 aliphatic carbocycles. The normalized spacial score (nSPS) is 12.1. The molecule has 0 saturated carbocycles. The maximum Gasteiger partial charge on any atom is 0.244 e. The van der Waals surface area contributed by atoms with Crippen LogP contribution in [0.1, 0.15) is 42.3 Å². The third-order valence-corrected chi connectivity index (χ3v) is 7.54. The largest absolute Gasteiger partial charge is 0.352 e. The summed E-state index contributed by atoms with van der Waals surface area (Å²) in [6.45, 7) is 4.49. The van der Waals surface area contributed by atoms with Crippen LogP contribution in [-0.4, -0.2) is 55.8 Å². The van der Waals surface area contributed by atoms with Crippen LogP contribution in [0.5, 0.6) is 0 Å². The van der Waals surface area contributed by atoms with E-state index < -0.39 is 28.5 Å². The zero-order chi connectivity index (χ0) is 29.4. The average Bonchev–Trinajstić information content (AvgIpc) is 2.88. The highest BCUT2D eigenvalue weighted by atomic mass is 35.5. The Hall–Kier alpha value is -3.69. The molecule has 0 radical (unpaired) electrons. The number of hydrogen-bond donors (Lipinski definition) is 1. The van der Waals surface area contributed by atoms with Gasteiger partial charge in [-0.1, -0.05) is 66.2 Å². The molecular weight excluding hydrogens is 550 g/mol. The van der Waals surface area contributed by atoms with E-state index in [0.717, 1.165) is 16.1 Å². The van der Waals surface area contributed by atoms with E-state index in [0.29, 0.717) is 16.1 Å². The molecule has 3 aromatic rings. The second-order valence-corrected chi connectivity index (χ2v) is 12.2. The molecule has 1 atom stereocenters. The van der Waals surface area contributed by atoms with Crippen LogP contribution in [0.3, 0.4) is 0 Å². The van der Waals surface area contributed by atoms with Crippen molar-refractivity contribution >= 4 is 44.9 Å². The molecule has 40 heavy (non-hydrogen) atoms. The summed E-state index contributed by atoms with van der Waals surface area (Å²) in [5, 5.41) is 3.37. The van der Waals surface area contributed by atoms with Gasteiger partial charge in [0.2, 0.25) is 21.8 Å². The Labute approximate surface area is 241 Å². The Kier molecular flexibility index (Phi) is 10.5. The second-order valence-electron chi connectivity index (χ2n) is 9.90. The van der Waals surface area contributed by atoms with Crippen molar-refractivity contribution in [3.63, 3.8) is 0 Å². The molecule has 10 heteroatoms. The van der Waals surface area contributed by atoms with Gasteiger partial charge in [-0.25, -0.2) is 8.42 Å². The van der Waals surface area contributed by atoms with Gasteiger partial charge in [0.05, 0.1) is 11.9 Å². The lowest BCUT2D eigenvalue weighted by Crippen LogP contribution is -2.54. The van der Waals surface area contributed by atoms with Crippen molar-refractivity contribution in [2.24, 2.45) is 0 Å². The van der Waals surface area contributed by atoms with E-state index in [1.807, 2.05) is 44.2 Å². The first-order valence-corrected chi connectivity index (χ1v) is 15.0. The molecule has 1 N–H and O–H groups in total. The molecule has 8 nitrogen and oxygen atoms in total. The molecule has 0 fully saturated rings. The van der Waals surface area contributed by atoms with Crippen LogP contribution < -0.4 is 9.62 Å². The van der Waals surface area contributed by atoms with Gasteiger partial charge in [0.1, 0.15) is 12.6 Å².